The van der Waals surface area contributed by atoms with Crippen LogP contribution in [0.15, 0.2) is 24.8 Å². The van der Waals surface area contributed by atoms with Crippen LogP contribution in [-0.2, 0) is 0 Å². The molecule has 0 aliphatic heterocycles. The fourth-order valence-corrected chi connectivity index (χ4v) is 0.651. The second-order valence-electron chi connectivity index (χ2n) is 1.98. The quantitative estimate of drug-likeness (QED) is 0.617. The van der Waals surface area contributed by atoms with Gasteiger partial charge in [-0.3, -0.25) is 0 Å². The third-order valence-electron chi connectivity index (χ3n) is 1.13. The van der Waals surface area contributed by atoms with Crippen molar-refractivity contribution >= 4 is 6.08 Å². The Bertz CT molecular complexity index is 204. The lowest BCUT2D eigenvalue weighted by Gasteiger charge is -1.86. The summed E-state index contributed by atoms with van der Waals surface area (Å²) in [7, 11) is 0. The lowest BCUT2D eigenvalue weighted by atomic mass is 10.3. The van der Waals surface area contributed by atoms with E-state index < -0.39 is 0 Å². The van der Waals surface area contributed by atoms with E-state index in [0.717, 1.165) is 12.0 Å². The monoisotopic (exact) mass is 134 g/mol. The van der Waals surface area contributed by atoms with Gasteiger partial charge < -0.3 is 0 Å². The second-order valence-corrected chi connectivity index (χ2v) is 1.98. The Labute approximate surface area is 60.6 Å². The highest BCUT2D eigenvalue weighted by Crippen LogP contribution is 1.96. The summed E-state index contributed by atoms with van der Waals surface area (Å²) in [6.45, 7) is 2.10. The molecule has 0 aliphatic rings. The molecular formula is C8H10N2. The van der Waals surface area contributed by atoms with Crippen molar-refractivity contribution in [3.63, 3.8) is 0 Å². The molecule has 0 bridgehead atoms. The summed E-state index contributed by atoms with van der Waals surface area (Å²) >= 11 is 0. The van der Waals surface area contributed by atoms with Crippen LogP contribution in [-0.4, -0.2) is 9.97 Å². The van der Waals surface area contributed by atoms with E-state index in [1.54, 1.807) is 12.4 Å². The van der Waals surface area contributed by atoms with Crippen LogP contribution in [0.1, 0.15) is 18.9 Å². The Kier molecular flexibility index (Phi) is 2.62. The van der Waals surface area contributed by atoms with Crippen LogP contribution < -0.4 is 0 Å². The first-order chi connectivity index (χ1) is 4.93. The van der Waals surface area contributed by atoms with Gasteiger partial charge in [-0.2, -0.15) is 0 Å². The van der Waals surface area contributed by atoms with E-state index in [0.29, 0.717) is 0 Å². The molecule has 2 nitrogen and oxygen atoms in total. The molecule has 0 atom stereocenters. The Hall–Kier alpha value is -1.18. The van der Waals surface area contributed by atoms with Gasteiger partial charge in [0.1, 0.15) is 6.33 Å². The average molecular weight is 134 g/mol. The third-order valence-corrected chi connectivity index (χ3v) is 1.13. The first-order valence-corrected chi connectivity index (χ1v) is 3.35. The highest BCUT2D eigenvalue weighted by Gasteiger charge is 1.81. The van der Waals surface area contributed by atoms with Crippen molar-refractivity contribution in [2.75, 3.05) is 0 Å². The lowest BCUT2D eigenvalue weighted by Crippen LogP contribution is -1.77. The molecule has 1 heterocycles. The molecule has 1 aromatic rings. The molecular weight excluding hydrogens is 124 g/mol. The zero-order valence-electron chi connectivity index (χ0n) is 5.99. The number of allylic oxidation sites excluding steroid dienone is 1. The van der Waals surface area contributed by atoms with Gasteiger partial charge in [0.25, 0.3) is 0 Å². The summed E-state index contributed by atoms with van der Waals surface area (Å²) < 4.78 is 0. The molecule has 1 aromatic heterocycles. The Morgan fingerprint density at radius 2 is 2.10 bits per heavy atom. The van der Waals surface area contributed by atoms with Gasteiger partial charge in [-0.15, -0.1) is 0 Å². The van der Waals surface area contributed by atoms with Gasteiger partial charge in [-0.1, -0.05) is 19.1 Å². The molecule has 0 spiro atoms. The summed E-state index contributed by atoms with van der Waals surface area (Å²) in [5, 5.41) is 0. The van der Waals surface area contributed by atoms with Gasteiger partial charge in [0.15, 0.2) is 0 Å². The van der Waals surface area contributed by atoms with Crippen molar-refractivity contribution in [1.29, 1.82) is 0 Å². The molecule has 10 heavy (non-hydrogen) atoms. The van der Waals surface area contributed by atoms with Crippen molar-refractivity contribution in [3.8, 4) is 0 Å². The van der Waals surface area contributed by atoms with Gasteiger partial charge in [0.05, 0.1) is 0 Å². The topological polar surface area (TPSA) is 25.8 Å². The van der Waals surface area contributed by atoms with E-state index >= 15 is 0 Å². The molecule has 0 radical (unpaired) electrons. The maximum Gasteiger partial charge on any atom is 0.115 e. The van der Waals surface area contributed by atoms with Gasteiger partial charge >= 0.3 is 0 Å². The smallest absolute Gasteiger partial charge is 0.115 e. The maximum atomic E-state index is 3.88. The molecule has 0 N–H and O–H groups in total. The summed E-state index contributed by atoms with van der Waals surface area (Å²) in [6, 6.07) is 0. The number of hydrogen-bond acceptors (Lipinski definition) is 2. The highest BCUT2D eigenvalue weighted by molar-refractivity contribution is 5.45. The largest absolute Gasteiger partial charge is 0.244 e. The first kappa shape index (κ1) is 6.93. The molecule has 0 saturated carbocycles. The standard InChI is InChI=1S/C8H10N2/c1-2-3-4-8-5-9-7-10-6-8/h3-7H,2H2,1H3. The summed E-state index contributed by atoms with van der Waals surface area (Å²) in [5.74, 6) is 0. The molecule has 0 aliphatic carbocycles. The molecule has 52 valence electrons. The van der Waals surface area contributed by atoms with Crippen LogP contribution in [0.3, 0.4) is 0 Å². The van der Waals surface area contributed by atoms with Crippen molar-refractivity contribution in [2.24, 2.45) is 0 Å². The molecule has 0 fully saturated rings. The van der Waals surface area contributed by atoms with Gasteiger partial charge in [-0.05, 0) is 6.42 Å². The number of rotatable bonds is 2. The van der Waals surface area contributed by atoms with Crippen LogP contribution >= 0.6 is 0 Å². The van der Waals surface area contributed by atoms with Gasteiger partial charge in [0.2, 0.25) is 0 Å². The van der Waals surface area contributed by atoms with Crippen LogP contribution in [0.2, 0.25) is 0 Å². The van der Waals surface area contributed by atoms with E-state index in [1.165, 1.54) is 6.33 Å². The minimum Gasteiger partial charge on any atom is -0.244 e. The van der Waals surface area contributed by atoms with Crippen molar-refractivity contribution in [3.05, 3.63) is 30.4 Å². The van der Waals surface area contributed by atoms with E-state index in [4.69, 9.17) is 0 Å². The summed E-state index contributed by atoms with van der Waals surface area (Å²) in [6.07, 6.45) is 10.3. The second kappa shape index (κ2) is 3.77. The SMILES string of the molecule is CCC=Cc1cncnc1. The molecule has 0 unspecified atom stereocenters. The lowest BCUT2D eigenvalue weighted by molar-refractivity contribution is 1.15. The van der Waals surface area contributed by atoms with Crippen molar-refractivity contribution < 1.29 is 0 Å². The van der Waals surface area contributed by atoms with Crippen LogP contribution in [0.5, 0.6) is 0 Å². The van der Waals surface area contributed by atoms with E-state index in [-0.39, 0.29) is 0 Å². The van der Waals surface area contributed by atoms with Gasteiger partial charge in [-0.25, -0.2) is 9.97 Å². The Morgan fingerprint density at radius 3 is 2.70 bits per heavy atom. The molecule has 2 heteroatoms. The minimum absolute atomic E-state index is 1.05. The zero-order chi connectivity index (χ0) is 7.23. The molecule has 0 saturated heterocycles. The normalized spacial score (nSPS) is 10.5. The first-order valence-electron chi connectivity index (χ1n) is 3.35. The van der Waals surface area contributed by atoms with Crippen LogP contribution in [0, 0.1) is 0 Å². The predicted octanol–water partition coefficient (Wildman–Crippen LogP) is 1.90. The van der Waals surface area contributed by atoms with Gasteiger partial charge in [0, 0.05) is 18.0 Å². The van der Waals surface area contributed by atoms with E-state index in [2.05, 4.69) is 23.0 Å². The molecule has 1 rings (SSSR count). The van der Waals surface area contributed by atoms with Crippen LogP contribution in [0.25, 0.3) is 6.08 Å². The van der Waals surface area contributed by atoms with Crippen molar-refractivity contribution in [1.82, 2.24) is 9.97 Å². The number of aromatic nitrogens is 2. The fraction of sp³-hybridized carbons (Fsp3) is 0.250. The molecule has 0 aromatic carbocycles. The minimum atomic E-state index is 1.05. The maximum absolute atomic E-state index is 3.88. The van der Waals surface area contributed by atoms with Crippen molar-refractivity contribution in [2.45, 2.75) is 13.3 Å². The van der Waals surface area contributed by atoms with E-state index in [9.17, 15) is 0 Å². The van der Waals surface area contributed by atoms with Crippen LogP contribution in [0.4, 0.5) is 0 Å². The predicted molar refractivity (Wildman–Crippen MR) is 41.4 cm³/mol. The zero-order valence-corrected chi connectivity index (χ0v) is 5.99. The average Bonchev–Trinajstić information content (AvgIpc) is 2.03. The third kappa shape index (κ3) is 1.97. The number of nitrogens with zero attached hydrogens (tertiary/aromatic N) is 2. The Balaban J connectivity index is 2.67. The fourth-order valence-electron chi connectivity index (χ4n) is 0.651. The Morgan fingerprint density at radius 1 is 1.40 bits per heavy atom. The molecule has 0 amide bonds. The number of hydrogen-bond donors (Lipinski definition) is 0. The highest BCUT2D eigenvalue weighted by atomic mass is 14.8. The van der Waals surface area contributed by atoms with E-state index in [1.807, 2.05) is 6.08 Å². The summed E-state index contributed by atoms with van der Waals surface area (Å²) in [5.41, 5.74) is 1.06. The summed E-state index contributed by atoms with van der Waals surface area (Å²) in [4.78, 5) is 7.75.